The average molecular weight is 369 g/mol. The third kappa shape index (κ3) is 3.84. The number of amides is 5. The second-order valence-corrected chi connectivity index (χ2v) is 6.57. The van der Waals surface area contributed by atoms with E-state index in [0.29, 0.717) is 5.03 Å². The maximum absolute atomic E-state index is 12.2. The van der Waals surface area contributed by atoms with Gasteiger partial charge in [-0.15, -0.1) is 0 Å². The molecule has 9 nitrogen and oxygen atoms in total. The van der Waals surface area contributed by atoms with E-state index in [1.54, 1.807) is 20.8 Å². The molecule has 10 heteroatoms. The lowest BCUT2D eigenvalue weighted by atomic mass is 10.3. The van der Waals surface area contributed by atoms with E-state index in [4.69, 9.17) is 4.74 Å². The minimum atomic E-state index is -0.908. The van der Waals surface area contributed by atoms with Crippen LogP contribution in [0.2, 0.25) is 0 Å². The summed E-state index contributed by atoms with van der Waals surface area (Å²) < 4.78 is 4.82. The van der Waals surface area contributed by atoms with Gasteiger partial charge >= 0.3 is 23.8 Å². The Morgan fingerprint density at radius 3 is 2.36 bits per heavy atom. The highest BCUT2D eigenvalue weighted by molar-refractivity contribution is 8.04. The van der Waals surface area contributed by atoms with Gasteiger partial charge in [0, 0.05) is 19.1 Å². The van der Waals surface area contributed by atoms with Gasteiger partial charge in [0.25, 0.3) is 0 Å². The molecule has 0 aliphatic carbocycles. The van der Waals surface area contributed by atoms with Gasteiger partial charge in [0.15, 0.2) is 0 Å². The Morgan fingerprint density at radius 1 is 1.16 bits per heavy atom. The highest BCUT2D eigenvalue weighted by Gasteiger charge is 2.45. The molecule has 2 aliphatic heterocycles. The molecule has 0 spiro atoms. The molecule has 0 atom stereocenters. The van der Waals surface area contributed by atoms with E-state index in [1.807, 2.05) is 0 Å². The zero-order valence-corrected chi connectivity index (χ0v) is 15.0. The molecule has 25 heavy (non-hydrogen) atoms. The van der Waals surface area contributed by atoms with Crippen molar-refractivity contribution in [1.29, 1.82) is 0 Å². The molecule has 2 saturated heterocycles. The van der Waals surface area contributed by atoms with Gasteiger partial charge in [-0.2, -0.15) is 0 Å². The van der Waals surface area contributed by atoms with Crippen LogP contribution in [-0.2, 0) is 23.9 Å². The second kappa shape index (κ2) is 7.68. The average Bonchev–Trinajstić information content (AvgIpc) is 2.97. The summed E-state index contributed by atoms with van der Waals surface area (Å²) in [6.07, 6.45) is 1.21. The summed E-state index contributed by atoms with van der Waals surface area (Å²) in [7, 11) is 0. The number of hydrogen-bond donors (Lipinski definition) is 0. The third-order valence-electron chi connectivity index (χ3n) is 3.59. The maximum atomic E-state index is 12.2. The summed E-state index contributed by atoms with van der Waals surface area (Å²) in [6.45, 7) is 5.03. The van der Waals surface area contributed by atoms with Crippen molar-refractivity contribution >= 4 is 41.5 Å². The van der Waals surface area contributed by atoms with Crippen molar-refractivity contribution in [3.63, 3.8) is 0 Å². The van der Waals surface area contributed by atoms with Crippen LogP contribution in [0.1, 0.15) is 20.8 Å². The number of thioether (sulfide) groups is 1. The molecule has 0 radical (unpaired) electrons. The molecule has 0 aromatic rings. The molecule has 2 fully saturated rings. The molecule has 0 bridgehead atoms. The first-order valence-corrected chi connectivity index (χ1v) is 8.77. The summed E-state index contributed by atoms with van der Waals surface area (Å²) in [4.78, 5) is 62.6. The molecule has 2 aliphatic rings. The topological polar surface area (TPSA) is 104 Å². The van der Waals surface area contributed by atoms with Crippen LogP contribution in [-0.4, -0.2) is 75.9 Å². The van der Waals surface area contributed by atoms with Gasteiger partial charge in [0.05, 0.1) is 23.5 Å². The smallest absolute Gasteiger partial charge is 0.334 e. The van der Waals surface area contributed by atoms with E-state index in [1.165, 1.54) is 22.7 Å². The van der Waals surface area contributed by atoms with Crippen LogP contribution in [0.4, 0.5) is 4.79 Å². The molecule has 136 valence electrons. The normalized spacial score (nSPS) is 19.8. The van der Waals surface area contributed by atoms with Gasteiger partial charge in [0.2, 0.25) is 5.91 Å². The van der Waals surface area contributed by atoms with Gasteiger partial charge in [-0.25, -0.2) is 9.59 Å². The number of carbonyl (C=O) groups is 5. The highest BCUT2D eigenvalue weighted by Crippen LogP contribution is 2.29. The van der Waals surface area contributed by atoms with E-state index in [0.717, 1.165) is 9.80 Å². The zero-order valence-electron chi connectivity index (χ0n) is 14.2. The molecular weight excluding hydrogens is 350 g/mol. The molecule has 0 saturated carbocycles. The number of imide groups is 2. The van der Waals surface area contributed by atoms with Crippen molar-refractivity contribution in [2.24, 2.45) is 0 Å². The highest BCUT2D eigenvalue weighted by atomic mass is 32.2. The van der Waals surface area contributed by atoms with E-state index in [2.05, 4.69) is 0 Å². The van der Waals surface area contributed by atoms with Crippen LogP contribution < -0.4 is 0 Å². The summed E-state index contributed by atoms with van der Waals surface area (Å²) in [5, 5.41) is 0.398. The number of esters is 1. The van der Waals surface area contributed by atoms with Crippen LogP contribution in [0, 0.1) is 0 Å². The second-order valence-electron chi connectivity index (χ2n) is 5.58. The van der Waals surface area contributed by atoms with Crippen LogP contribution in [0.25, 0.3) is 0 Å². The molecular formula is C15H19N3O6S. The minimum Gasteiger partial charge on any atom is -0.463 e. The first-order valence-electron chi connectivity index (χ1n) is 7.78. The molecule has 0 unspecified atom stereocenters. The lowest BCUT2D eigenvalue weighted by Crippen LogP contribution is -2.41. The van der Waals surface area contributed by atoms with Gasteiger partial charge in [-0.1, -0.05) is 11.8 Å². The monoisotopic (exact) mass is 369 g/mol. The number of carbonyl (C=O) groups excluding carboxylic acids is 5. The van der Waals surface area contributed by atoms with Crippen molar-refractivity contribution in [1.82, 2.24) is 14.7 Å². The zero-order chi connectivity index (χ0) is 18.7. The number of nitrogens with zero attached hydrogens (tertiary/aromatic N) is 3. The molecule has 0 aromatic carbocycles. The Bertz CT molecular complexity index is 660. The number of rotatable bonds is 6. The fourth-order valence-electron chi connectivity index (χ4n) is 2.43. The molecule has 0 aromatic heterocycles. The van der Waals surface area contributed by atoms with Crippen LogP contribution in [0.15, 0.2) is 11.1 Å². The fourth-order valence-corrected chi connectivity index (χ4v) is 3.38. The predicted octanol–water partition coefficient (Wildman–Crippen LogP) is 0.166. The third-order valence-corrected chi connectivity index (χ3v) is 4.61. The minimum absolute atomic E-state index is 0.00771. The van der Waals surface area contributed by atoms with E-state index in [-0.39, 0.29) is 31.4 Å². The Morgan fingerprint density at radius 2 is 1.80 bits per heavy atom. The van der Waals surface area contributed by atoms with Crippen molar-refractivity contribution in [3.05, 3.63) is 11.1 Å². The van der Waals surface area contributed by atoms with Gasteiger partial charge in [-0.3, -0.25) is 24.2 Å². The Balaban J connectivity index is 2.07. The Kier molecular flexibility index (Phi) is 5.83. The van der Waals surface area contributed by atoms with Crippen LogP contribution >= 0.6 is 11.8 Å². The standard InChI is InChI=1S/C15H19N3O6S/c1-4-24-12(20)7-11-16(10(19)8-25-11)5-6-17-13(21)14(22)18(9(2)3)15(17)23/h7,9H,4-6,8H2,1-3H3/b11-7-. The lowest BCUT2D eigenvalue weighted by molar-refractivity contribution is -0.143. The van der Waals surface area contributed by atoms with Gasteiger partial charge in [0.1, 0.15) is 0 Å². The maximum Gasteiger partial charge on any atom is 0.334 e. The Labute approximate surface area is 148 Å². The number of ether oxygens (including phenoxy) is 1. The summed E-state index contributed by atoms with van der Waals surface area (Å²) in [5.74, 6) is -2.44. The molecule has 5 amide bonds. The Hall–Kier alpha value is -2.36. The number of hydrogen-bond acceptors (Lipinski definition) is 7. The lowest BCUT2D eigenvalue weighted by Gasteiger charge is -2.21. The largest absolute Gasteiger partial charge is 0.463 e. The molecule has 0 N–H and O–H groups in total. The first kappa shape index (κ1) is 19.0. The number of urea groups is 1. The van der Waals surface area contributed by atoms with Crippen LogP contribution in [0.3, 0.4) is 0 Å². The van der Waals surface area contributed by atoms with Crippen molar-refractivity contribution in [2.75, 3.05) is 25.4 Å². The summed E-state index contributed by atoms with van der Waals surface area (Å²) in [5.41, 5.74) is 0. The summed E-state index contributed by atoms with van der Waals surface area (Å²) in [6, 6.07) is -1.13. The van der Waals surface area contributed by atoms with Crippen LogP contribution in [0.5, 0.6) is 0 Å². The SMILES string of the molecule is CCOC(=O)/C=C1\SCC(=O)N1CCN1C(=O)C(=O)N(C(C)C)C1=O. The summed E-state index contributed by atoms with van der Waals surface area (Å²) >= 11 is 1.17. The van der Waals surface area contributed by atoms with Gasteiger partial charge < -0.3 is 9.64 Å². The quantitative estimate of drug-likeness (QED) is 0.284. The van der Waals surface area contributed by atoms with E-state index < -0.39 is 29.9 Å². The van der Waals surface area contributed by atoms with Gasteiger partial charge in [-0.05, 0) is 20.8 Å². The predicted molar refractivity (Wildman–Crippen MR) is 88.0 cm³/mol. The fraction of sp³-hybridized carbons (Fsp3) is 0.533. The van der Waals surface area contributed by atoms with E-state index >= 15 is 0 Å². The van der Waals surface area contributed by atoms with E-state index in [9.17, 15) is 24.0 Å². The van der Waals surface area contributed by atoms with Crippen molar-refractivity contribution < 1.29 is 28.7 Å². The molecule has 2 heterocycles. The van der Waals surface area contributed by atoms with Crippen molar-refractivity contribution in [2.45, 2.75) is 26.8 Å². The molecule has 2 rings (SSSR count). The van der Waals surface area contributed by atoms with Crippen molar-refractivity contribution in [3.8, 4) is 0 Å². The first-order chi connectivity index (χ1) is 11.8.